The molecule has 1 atom stereocenters. The van der Waals surface area contributed by atoms with Crippen LogP contribution in [-0.2, 0) is 25.6 Å². The van der Waals surface area contributed by atoms with Crippen LogP contribution in [0.3, 0.4) is 0 Å². The molecule has 0 radical (unpaired) electrons. The van der Waals surface area contributed by atoms with Crippen molar-refractivity contribution in [3.05, 3.63) is 52.6 Å². The molecular weight excluding hydrogens is 464 g/mol. The van der Waals surface area contributed by atoms with E-state index in [1.54, 1.807) is 7.11 Å². The van der Waals surface area contributed by atoms with Crippen molar-refractivity contribution in [3.63, 3.8) is 0 Å². The van der Waals surface area contributed by atoms with Gasteiger partial charge in [-0.1, -0.05) is 45.9 Å². The quantitative estimate of drug-likeness (QED) is 0.143. The van der Waals surface area contributed by atoms with Gasteiger partial charge in [0, 0.05) is 19.6 Å². The molecule has 6 nitrogen and oxygen atoms in total. The third kappa shape index (κ3) is 9.35. The van der Waals surface area contributed by atoms with Gasteiger partial charge in [0.25, 0.3) is 0 Å². The highest BCUT2D eigenvalue weighted by Crippen LogP contribution is 2.25. The lowest BCUT2D eigenvalue weighted by Crippen LogP contribution is -2.42. The zero-order chi connectivity index (χ0) is 27.5. The lowest BCUT2D eigenvalue weighted by atomic mass is 9.94. The van der Waals surface area contributed by atoms with E-state index in [1.165, 1.54) is 0 Å². The van der Waals surface area contributed by atoms with Gasteiger partial charge in [-0.05, 0) is 86.8 Å². The second-order valence-electron chi connectivity index (χ2n) is 10.6. The number of hydrogen-bond donors (Lipinski definition) is 1. The molecule has 6 heteroatoms. The normalized spacial score (nSPS) is 16.5. The number of esters is 1. The van der Waals surface area contributed by atoms with Gasteiger partial charge in [-0.2, -0.15) is 0 Å². The summed E-state index contributed by atoms with van der Waals surface area (Å²) in [6, 6.07) is 5.63. The number of Topliss-reactive ketones (excluding diaryl/α,β-unsaturated/α-hetero) is 1. The van der Waals surface area contributed by atoms with E-state index in [-0.39, 0.29) is 36.3 Å². The fourth-order valence-electron chi connectivity index (χ4n) is 4.48. The molecule has 0 bridgehead atoms. The minimum atomic E-state index is -0.522. The average molecular weight is 511 g/mol. The molecule has 1 saturated carbocycles. The molecule has 1 fully saturated rings. The second-order valence-corrected chi connectivity index (χ2v) is 10.6. The molecule has 2 rings (SSSR count). The highest BCUT2D eigenvalue weighted by molar-refractivity contribution is 6.07. The summed E-state index contributed by atoms with van der Waals surface area (Å²) in [5.41, 5.74) is 5.58. The molecule has 204 valence electrons. The SMILES string of the molecule is C/C=C(\C=C(\C)C(=O)C(C)C)C(=N/c1cc(CNC(COC)C(=O)OC2CCCC2)ccc1C)/C(C)C. The number of rotatable bonds is 13. The Morgan fingerprint density at radius 2 is 1.81 bits per heavy atom. The maximum absolute atomic E-state index is 12.7. The monoisotopic (exact) mass is 510 g/mol. The summed E-state index contributed by atoms with van der Waals surface area (Å²) in [5, 5.41) is 3.31. The number of allylic oxidation sites excluding steroid dienone is 4. The van der Waals surface area contributed by atoms with Crippen LogP contribution in [0.1, 0.15) is 78.4 Å². The second kappa shape index (κ2) is 15.0. The first kappa shape index (κ1) is 30.7. The molecule has 1 aromatic rings. The Morgan fingerprint density at radius 1 is 1.14 bits per heavy atom. The molecule has 1 aliphatic rings. The number of aryl methyl sites for hydroxylation is 1. The Balaban J connectivity index is 2.25. The summed E-state index contributed by atoms with van der Waals surface area (Å²) >= 11 is 0. The molecule has 0 amide bonds. The van der Waals surface area contributed by atoms with Gasteiger partial charge in [0.15, 0.2) is 5.78 Å². The number of carbonyl (C=O) groups excluding carboxylic acids is 2. The van der Waals surface area contributed by atoms with Crippen LogP contribution in [0.15, 0.2) is 46.5 Å². The first-order chi connectivity index (χ1) is 17.6. The molecule has 0 aromatic heterocycles. The van der Waals surface area contributed by atoms with Gasteiger partial charge in [-0.3, -0.25) is 19.9 Å². The zero-order valence-electron chi connectivity index (χ0n) is 24.0. The molecule has 1 unspecified atom stereocenters. The smallest absolute Gasteiger partial charge is 0.325 e. The number of ether oxygens (including phenoxy) is 2. The molecule has 1 aromatic carbocycles. The minimum Gasteiger partial charge on any atom is -0.461 e. The van der Waals surface area contributed by atoms with E-state index in [2.05, 4.69) is 31.3 Å². The van der Waals surface area contributed by atoms with Crippen LogP contribution < -0.4 is 5.32 Å². The molecule has 0 aliphatic heterocycles. The lowest BCUT2D eigenvalue weighted by molar-refractivity contribution is -0.152. The van der Waals surface area contributed by atoms with E-state index >= 15 is 0 Å². The number of methoxy groups -OCH3 is 1. The number of hydrogen-bond acceptors (Lipinski definition) is 6. The number of nitrogens with zero attached hydrogens (tertiary/aromatic N) is 1. The third-order valence-electron chi connectivity index (χ3n) is 6.71. The van der Waals surface area contributed by atoms with Crippen molar-refractivity contribution in [3.8, 4) is 0 Å². The predicted octanol–water partition coefficient (Wildman–Crippen LogP) is 6.43. The fraction of sp³-hybridized carbons (Fsp3) is 0.581. The molecule has 37 heavy (non-hydrogen) atoms. The van der Waals surface area contributed by atoms with Crippen molar-refractivity contribution in [1.82, 2.24) is 5.32 Å². The van der Waals surface area contributed by atoms with Crippen LogP contribution in [0.5, 0.6) is 0 Å². The first-order valence-corrected chi connectivity index (χ1v) is 13.6. The maximum atomic E-state index is 12.7. The number of nitrogens with one attached hydrogen (secondary N) is 1. The van der Waals surface area contributed by atoms with E-state index in [9.17, 15) is 9.59 Å². The van der Waals surface area contributed by atoms with Crippen molar-refractivity contribution >= 4 is 23.2 Å². The summed E-state index contributed by atoms with van der Waals surface area (Å²) in [6.45, 7) is 14.7. The zero-order valence-corrected chi connectivity index (χ0v) is 24.0. The van der Waals surface area contributed by atoms with Crippen molar-refractivity contribution in [2.24, 2.45) is 16.8 Å². The van der Waals surface area contributed by atoms with Crippen LogP contribution in [0, 0.1) is 18.8 Å². The van der Waals surface area contributed by atoms with Crippen molar-refractivity contribution in [2.45, 2.75) is 92.8 Å². The molecule has 1 N–H and O–H groups in total. The van der Waals surface area contributed by atoms with Gasteiger partial charge < -0.3 is 9.47 Å². The fourth-order valence-corrected chi connectivity index (χ4v) is 4.48. The summed E-state index contributed by atoms with van der Waals surface area (Å²) in [5.74, 6) is 0.0143. The molecule has 0 saturated heterocycles. The van der Waals surface area contributed by atoms with Crippen molar-refractivity contribution in [2.75, 3.05) is 13.7 Å². The van der Waals surface area contributed by atoms with Crippen molar-refractivity contribution in [1.29, 1.82) is 0 Å². The lowest BCUT2D eigenvalue weighted by Gasteiger charge is -2.20. The maximum Gasteiger partial charge on any atom is 0.325 e. The summed E-state index contributed by atoms with van der Waals surface area (Å²) in [6.07, 6.45) is 8.11. The Morgan fingerprint density at radius 3 is 2.38 bits per heavy atom. The van der Waals surface area contributed by atoms with E-state index in [1.807, 2.05) is 52.8 Å². The molecule has 1 aliphatic carbocycles. The third-order valence-corrected chi connectivity index (χ3v) is 6.71. The van der Waals surface area contributed by atoms with E-state index in [4.69, 9.17) is 14.5 Å². The predicted molar refractivity (Wildman–Crippen MR) is 151 cm³/mol. The minimum absolute atomic E-state index is 0.0257. The Hall–Kier alpha value is -2.57. The molecule has 0 heterocycles. The average Bonchev–Trinajstić information content (AvgIpc) is 3.37. The number of ketones is 1. The van der Waals surface area contributed by atoms with Gasteiger partial charge in [0.2, 0.25) is 0 Å². The largest absolute Gasteiger partial charge is 0.461 e. The highest BCUT2D eigenvalue weighted by Gasteiger charge is 2.25. The van der Waals surface area contributed by atoms with Gasteiger partial charge in [0.1, 0.15) is 12.1 Å². The number of aliphatic imine (C=N–C) groups is 1. The van der Waals surface area contributed by atoms with Crippen LogP contribution in [0.4, 0.5) is 5.69 Å². The number of benzene rings is 1. The van der Waals surface area contributed by atoms with Gasteiger partial charge in [-0.15, -0.1) is 0 Å². The Bertz CT molecular complexity index is 1010. The summed E-state index contributed by atoms with van der Waals surface area (Å²) in [4.78, 5) is 30.3. The topological polar surface area (TPSA) is 77.0 Å². The van der Waals surface area contributed by atoms with Crippen molar-refractivity contribution < 1.29 is 19.1 Å². The standard InChI is InChI=1S/C31H46N2O4/c1-9-25(16-23(7)30(34)21(4)5)29(20(2)3)33-27-17-24(15-14-22(27)6)18-32-28(19-36-8)31(35)37-26-12-10-11-13-26/h9,14-17,20-21,26,28,32H,10-13,18-19H2,1-8H3/b23-16-,25-9+,33-29+. The van der Waals surface area contributed by atoms with Crippen LogP contribution in [-0.4, -0.2) is 43.3 Å². The summed E-state index contributed by atoms with van der Waals surface area (Å²) < 4.78 is 11.0. The van der Waals surface area contributed by atoms with E-state index in [0.29, 0.717) is 6.54 Å². The first-order valence-electron chi connectivity index (χ1n) is 13.6. The Labute approximate surface area is 223 Å². The number of carbonyl (C=O) groups is 2. The van der Waals surface area contributed by atoms with Gasteiger partial charge >= 0.3 is 5.97 Å². The highest BCUT2D eigenvalue weighted by atomic mass is 16.5. The molecular formula is C31H46N2O4. The van der Waals surface area contributed by atoms with Crippen LogP contribution in [0.25, 0.3) is 0 Å². The molecule has 0 spiro atoms. The van der Waals surface area contributed by atoms with Crippen LogP contribution in [0.2, 0.25) is 0 Å². The van der Waals surface area contributed by atoms with E-state index in [0.717, 1.165) is 59.4 Å². The van der Waals surface area contributed by atoms with Gasteiger partial charge in [0.05, 0.1) is 18.0 Å². The van der Waals surface area contributed by atoms with E-state index < -0.39 is 6.04 Å². The van der Waals surface area contributed by atoms with Gasteiger partial charge in [-0.25, -0.2) is 0 Å². The van der Waals surface area contributed by atoms with Crippen LogP contribution >= 0.6 is 0 Å². The Kier molecular flexibility index (Phi) is 12.4. The summed E-state index contributed by atoms with van der Waals surface area (Å²) in [7, 11) is 1.59.